The Balaban J connectivity index is 1.61. The Hall–Kier alpha value is -2.14. The van der Waals surface area contributed by atoms with Gasteiger partial charge in [-0.1, -0.05) is 37.3 Å². The van der Waals surface area contributed by atoms with Gasteiger partial charge in [0.05, 0.1) is 5.41 Å². The zero-order valence-electron chi connectivity index (χ0n) is 17.6. The van der Waals surface area contributed by atoms with Crippen LogP contribution in [0.2, 0.25) is 0 Å². The van der Waals surface area contributed by atoms with Crippen LogP contribution in [0, 0.1) is 17.3 Å². The predicted octanol–water partition coefficient (Wildman–Crippen LogP) is 4.31. The van der Waals surface area contributed by atoms with Crippen molar-refractivity contribution < 1.29 is 9.59 Å². The molecule has 1 aliphatic carbocycles. The molecule has 5 heteroatoms. The van der Waals surface area contributed by atoms with E-state index < -0.39 is 5.41 Å². The van der Waals surface area contributed by atoms with Crippen LogP contribution in [0.15, 0.2) is 41.8 Å². The molecule has 0 N–H and O–H groups in total. The third-order valence-electron chi connectivity index (χ3n) is 6.45. The summed E-state index contributed by atoms with van der Waals surface area (Å²) in [6.07, 6.45) is 3.38. The zero-order chi connectivity index (χ0) is 20.6. The van der Waals surface area contributed by atoms with Crippen LogP contribution in [0.5, 0.6) is 0 Å². The van der Waals surface area contributed by atoms with E-state index in [1.54, 1.807) is 16.2 Å². The van der Waals surface area contributed by atoms with E-state index >= 15 is 0 Å². The van der Waals surface area contributed by atoms with Crippen LogP contribution in [0.1, 0.15) is 31.7 Å². The number of benzene rings is 1. The van der Waals surface area contributed by atoms with Crippen molar-refractivity contribution in [2.75, 3.05) is 27.2 Å². The quantitative estimate of drug-likeness (QED) is 0.737. The average Bonchev–Trinajstić information content (AvgIpc) is 3.20. The number of hydrogen-bond donors (Lipinski definition) is 0. The fraction of sp³-hybridized carbons (Fsp3) is 0.500. The first-order valence-corrected chi connectivity index (χ1v) is 11.4. The predicted molar refractivity (Wildman–Crippen MR) is 118 cm³/mol. The summed E-state index contributed by atoms with van der Waals surface area (Å²) in [4.78, 5) is 31.2. The maximum absolute atomic E-state index is 13.3. The molecule has 2 amide bonds. The van der Waals surface area contributed by atoms with Crippen LogP contribution < -0.4 is 0 Å². The molecule has 3 atom stereocenters. The molecule has 2 heterocycles. The van der Waals surface area contributed by atoms with Gasteiger partial charge in [0.25, 0.3) is 0 Å². The van der Waals surface area contributed by atoms with Crippen molar-refractivity contribution in [3.8, 4) is 10.4 Å². The summed E-state index contributed by atoms with van der Waals surface area (Å²) >= 11 is 1.73. The summed E-state index contributed by atoms with van der Waals surface area (Å²) in [7, 11) is 3.66. The molecule has 3 unspecified atom stereocenters. The molecule has 1 aromatic carbocycles. The molecule has 2 fully saturated rings. The fourth-order valence-corrected chi connectivity index (χ4v) is 5.48. The van der Waals surface area contributed by atoms with Gasteiger partial charge in [-0.05, 0) is 54.2 Å². The van der Waals surface area contributed by atoms with Crippen molar-refractivity contribution >= 4 is 23.2 Å². The normalized spacial score (nSPS) is 26.2. The minimum atomic E-state index is -0.538. The smallest absolute Gasteiger partial charge is 0.230 e. The molecule has 4 nitrogen and oxygen atoms in total. The average molecular weight is 411 g/mol. The van der Waals surface area contributed by atoms with E-state index in [1.165, 1.54) is 16.0 Å². The van der Waals surface area contributed by atoms with Crippen LogP contribution in [0.4, 0.5) is 0 Å². The lowest BCUT2D eigenvalue weighted by Gasteiger charge is -2.43. The van der Waals surface area contributed by atoms with Crippen LogP contribution in [0.3, 0.4) is 0 Å². The highest BCUT2D eigenvalue weighted by Crippen LogP contribution is 2.42. The van der Waals surface area contributed by atoms with Gasteiger partial charge in [0.2, 0.25) is 11.8 Å². The van der Waals surface area contributed by atoms with Crippen molar-refractivity contribution in [2.45, 2.75) is 32.6 Å². The fourth-order valence-electron chi connectivity index (χ4n) is 4.76. The highest BCUT2D eigenvalue weighted by atomic mass is 32.1. The lowest BCUT2D eigenvalue weighted by Crippen LogP contribution is -2.54. The summed E-state index contributed by atoms with van der Waals surface area (Å²) in [5.74, 6) is 1.05. The number of rotatable bonds is 5. The largest absolute Gasteiger partial charge is 0.348 e. The van der Waals surface area contributed by atoms with Gasteiger partial charge in [-0.2, -0.15) is 0 Å². The zero-order valence-corrected chi connectivity index (χ0v) is 18.4. The summed E-state index contributed by atoms with van der Waals surface area (Å²) in [5, 5.41) is 2.09. The molecular weight excluding hydrogens is 380 g/mol. The number of nitrogens with zero attached hydrogens (tertiary/aromatic N) is 2. The van der Waals surface area contributed by atoms with E-state index in [9.17, 15) is 9.59 Å². The number of hydrogen-bond acceptors (Lipinski definition) is 3. The van der Waals surface area contributed by atoms with Crippen molar-refractivity contribution in [3.63, 3.8) is 0 Å². The van der Waals surface area contributed by atoms with E-state index in [0.717, 1.165) is 25.8 Å². The Morgan fingerprint density at radius 2 is 2.03 bits per heavy atom. The molecule has 1 saturated carbocycles. The molecule has 2 aliphatic rings. The first kappa shape index (κ1) is 20.1. The number of carbonyl (C=O) groups is 2. The number of amides is 2. The third kappa shape index (κ3) is 4.11. The number of carbonyl (C=O) groups excluding carboxylic acids is 2. The highest BCUT2D eigenvalue weighted by molar-refractivity contribution is 7.13. The molecular formula is C24H30N2O2S. The number of likely N-dealkylation sites (tertiary alicyclic amines) is 1. The van der Waals surface area contributed by atoms with Crippen molar-refractivity contribution in [2.24, 2.45) is 17.3 Å². The first-order valence-electron chi connectivity index (χ1n) is 10.5. The Kier molecular flexibility index (Phi) is 5.52. The number of piperidine rings is 1. The van der Waals surface area contributed by atoms with Crippen molar-refractivity contribution in [1.82, 2.24) is 9.80 Å². The van der Waals surface area contributed by atoms with Gasteiger partial charge in [-0.3, -0.25) is 9.59 Å². The maximum atomic E-state index is 13.3. The summed E-state index contributed by atoms with van der Waals surface area (Å²) in [6.45, 7) is 3.45. The second-order valence-electron chi connectivity index (χ2n) is 9.02. The molecule has 0 bridgehead atoms. The van der Waals surface area contributed by atoms with Gasteiger partial charge in [-0.25, -0.2) is 0 Å². The van der Waals surface area contributed by atoms with Gasteiger partial charge in [-0.15, -0.1) is 11.3 Å². The van der Waals surface area contributed by atoms with Gasteiger partial charge < -0.3 is 9.80 Å². The summed E-state index contributed by atoms with van der Waals surface area (Å²) in [5.41, 5.74) is 1.82. The summed E-state index contributed by atoms with van der Waals surface area (Å²) in [6, 6.07) is 12.7. The minimum Gasteiger partial charge on any atom is -0.348 e. The van der Waals surface area contributed by atoms with Gasteiger partial charge in [0.15, 0.2) is 0 Å². The molecule has 1 saturated heterocycles. The molecule has 4 rings (SSSR count). The van der Waals surface area contributed by atoms with E-state index in [0.29, 0.717) is 18.9 Å². The van der Waals surface area contributed by atoms with E-state index in [4.69, 9.17) is 0 Å². The van der Waals surface area contributed by atoms with Crippen molar-refractivity contribution in [1.29, 1.82) is 0 Å². The lowest BCUT2D eigenvalue weighted by atomic mass is 9.73. The molecule has 0 radical (unpaired) electrons. The van der Waals surface area contributed by atoms with Crippen LogP contribution in [-0.4, -0.2) is 48.8 Å². The van der Waals surface area contributed by atoms with E-state index in [-0.39, 0.29) is 17.7 Å². The van der Waals surface area contributed by atoms with Crippen LogP contribution >= 0.6 is 11.3 Å². The minimum absolute atomic E-state index is 0.139. The topological polar surface area (TPSA) is 40.6 Å². The monoisotopic (exact) mass is 410 g/mol. The van der Waals surface area contributed by atoms with Crippen LogP contribution in [0.25, 0.3) is 10.4 Å². The second-order valence-corrected chi connectivity index (χ2v) is 9.96. The lowest BCUT2D eigenvalue weighted by molar-refractivity contribution is -0.147. The van der Waals surface area contributed by atoms with Gasteiger partial charge in [0, 0.05) is 38.0 Å². The molecule has 1 aromatic heterocycles. The van der Waals surface area contributed by atoms with E-state index in [1.807, 2.05) is 19.0 Å². The third-order valence-corrected chi connectivity index (χ3v) is 7.37. The summed E-state index contributed by atoms with van der Waals surface area (Å²) < 4.78 is 0. The molecule has 2 aromatic rings. The maximum Gasteiger partial charge on any atom is 0.230 e. The standard InChI is InChI=1S/C24H30N2O2S/c1-17-13-20(17)22(27)26-11-6-10-24(16-26,23(28)25(2)3)15-18-7-4-8-19(14-18)21-9-5-12-29-21/h4-5,7-9,12,14,17,20H,6,10-11,13,15-16H2,1-3H3. The van der Waals surface area contributed by atoms with Crippen LogP contribution in [-0.2, 0) is 16.0 Å². The molecule has 29 heavy (non-hydrogen) atoms. The van der Waals surface area contributed by atoms with Gasteiger partial charge >= 0.3 is 0 Å². The van der Waals surface area contributed by atoms with Crippen molar-refractivity contribution in [3.05, 3.63) is 47.3 Å². The molecule has 154 valence electrons. The Morgan fingerprint density at radius 1 is 1.24 bits per heavy atom. The Labute approximate surface area is 177 Å². The van der Waals surface area contributed by atoms with E-state index in [2.05, 4.69) is 48.7 Å². The Bertz CT molecular complexity index is 892. The van der Waals surface area contributed by atoms with Gasteiger partial charge in [0.1, 0.15) is 0 Å². The SMILES string of the molecule is CC1CC1C(=O)N1CCCC(Cc2cccc(-c3cccs3)c2)(C(=O)N(C)C)C1. The first-order chi connectivity index (χ1) is 13.9. The molecule has 0 spiro atoms. The molecule has 1 aliphatic heterocycles. The number of thiophene rings is 1. The Morgan fingerprint density at radius 3 is 2.69 bits per heavy atom. The second kappa shape index (κ2) is 7.94. The highest BCUT2D eigenvalue weighted by Gasteiger charge is 2.48.